The molecule has 0 aliphatic heterocycles. The first-order chi connectivity index (χ1) is 9.76. The molecule has 4 heteroatoms. The normalized spacial score (nSPS) is 11.3. The van der Waals surface area contributed by atoms with E-state index in [1.165, 1.54) is 5.56 Å². The SMILES string of the molecule is CCOCCN(CC)Cc1ccc(N)c2cccnc12. The zero-order chi connectivity index (χ0) is 14.4. The highest BCUT2D eigenvalue weighted by atomic mass is 16.5. The van der Waals surface area contributed by atoms with Gasteiger partial charge in [-0.15, -0.1) is 0 Å². The number of pyridine rings is 1. The van der Waals surface area contributed by atoms with Crippen molar-refractivity contribution in [2.75, 3.05) is 32.0 Å². The van der Waals surface area contributed by atoms with E-state index in [0.717, 1.165) is 49.4 Å². The Morgan fingerprint density at radius 2 is 2.10 bits per heavy atom. The minimum absolute atomic E-state index is 0.768. The molecule has 0 bridgehead atoms. The van der Waals surface area contributed by atoms with Gasteiger partial charge in [-0.2, -0.15) is 0 Å². The van der Waals surface area contributed by atoms with E-state index in [0.29, 0.717) is 0 Å². The van der Waals surface area contributed by atoms with Crippen LogP contribution in [0.4, 0.5) is 5.69 Å². The van der Waals surface area contributed by atoms with Crippen molar-refractivity contribution in [2.45, 2.75) is 20.4 Å². The lowest BCUT2D eigenvalue weighted by Gasteiger charge is -2.21. The lowest BCUT2D eigenvalue weighted by Crippen LogP contribution is -2.27. The number of benzene rings is 1. The highest BCUT2D eigenvalue weighted by Crippen LogP contribution is 2.23. The summed E-state index contributed by atoms with van der Waals surface area (Å²) >= 11 is 0. The average molecular weight is 273 g/mol. The maximum Gasteiger partial charge on any atom is 0.0767 e. The second-order valence-corrected chi connectivity index (χ2v) is 4.78. The number of hydrogen-bond acceptors (Lipinski definition) is 4. The van der Waals surface area contributed by atoms with E-state index in [1.807, 2.05) is 31.3 Å². The van der Waals surface area contributed by atoms with Crippen LogP contribution in [0.1, 0.15) is 19.4 Å². The van der Waals surface area contributed by atoms with E-state index in [1.54, 1.807) is 0 Å². The molecule has 1 aromatic heterocycles. The molecule has 0 spiro atoms. The van der Waals surface area contributed by atoms with E-state index in [4.69, 9.17) is 10.5 Å². The van der Waals surface area contributed by atoms with Crippen LogP contribution in [-0.4, -0.2) is 36.2 Å². The third-order valence-corrected chi connectivity index (χ3v) is 3.48. The van der Waals surface area contributed by atoms with Gasteiger partial charge in [-0.1, -0.05) is 13.0 Å². The van der Waals surface area contributed by atoms with E-state index < -0.39 is 0 Å². The van der Waals surface area contributed by atoms with Crippen LogP contribution < -0.4 is 5.73 Å². The van der Waals surface area contributed by atoms with Crippen molar-refractivity contribution < 1.29 is 4.74 Å². The summed E-state index contributed by atoms with van der Waals surface area (Å²) in [6, 6.07) is 8.00. The Balaban J connectivity index is 2.18. The predicted octanol–water partition coefficient (Wildman–Crippen LogP) is 2.68. The molecular weight excluding hydrogens is 250 g/mol. The molecule has 0 unspecified atom stereocenters. The van der Waals surface area contributed by atoms with E-state index >= 15 is 0 Å². The molecule has 0 saturated heterocycles. The van der Waals surface area contributed by atoms with Crippen LogP contribution in [0, 0.1) is 0 Å². The fourth-order valence-corrected chi connectivity index (χ4v) is 2.31. The summed E-state index contributed by atoms with van der Waals surface area (Å²) in [5, 5.41) is 1.03. The van der Waals surface area contributed by atoms with Gasteiger partial charge in [0.25, 0.3) is 0 Å². The molecule has 0 amide bonds. The smallest absolute Gasteiger partial charge is 0.0767 e. The molecule has 4 nitrogen and oxygen atoms in total. The van der Waals surface area contributed by atoms with Crippen molar-refractivity contribution in [1.82, 2.24) is 9.88 Å². The van der Waals surface area contributed by atoms with Gasteiger partial charge in [-0.3, -0.25) is 9.88 Å². The van der Waals surface area contributed by atoms with Crippen LogP contribution in [0.2, 0.25) is 0 Å². The molecule has 0 aliphatic rings. The molecule has 0 fully saturated rings. The van der Waals surface area contributed by atoms with Crippen molar-refractivity contribution in [3.05, 3.63) is 36.0 Å². The van der Waals surface area contributed by atoms with Crippen molar-refractivity contribution in [2.24, 2.45) is 0 Å². The van der Waals surface area contributed by atoms with Crippen LogP contribution >= 0.6 is 0 Å². The standard InChI is InChI=1S/C16H23N3O/c1-3-19(10-11-20-4-2)12-13-7-8-15(17)14-6-5-9-18-16(13)14/h5-9H,3-4,10-12,17H2,1-2H3. The molecule has 1 aromatic carbocycles. The maximum atomic E-state index is 6.01. The molecular formula is C16H23N3O. The summed E-state index contributed by atoms with van der Waals surface area (Å²) in [4.78, 5) is 6.84. The quantitative estimate of drug-likeness (QED) is 0.622. The van der Waals surface area contributed by atoms with Gasteiger partial charge in [0.05, 0.1) is 12.1 Å². The maximum absolute atomic E-state index is 6.01. The number of nitrogen functional groups attached to an aromatic ring is 1. The largest absolute Gasteiger partial charge is 0.398 e. The number of likely N-dealkylation sites (N-methyl/N-ethyl adjacent to an activating group) is 1. The van der Waals surface area contributed by atoms with Gasteiger partial charge >= 0.3 is 0 Å². The summed E-state index contributed by atoms with van der Waals surface area (Å²) in [5.74, 6) is 0. The van der Waals surface area contributed by atoms with Crippen molar-refractivity contribution in [3.63, 3.8) is 0 Å². The van der Waals surface area contributed by atoms with Gasteiger partial charge in [0.1, 0.15) is 0 Å². The van der Waals surface area contributed by atoms with Crippen LogP contribution in [0.25, 0.3) is 10.9 Å². The van der Waals surface area contributed by atoms with Crippen LogP contribution in [0.15, 0.2) is 30.5 Å². The fraction of sp³-hybridized carbons (Fsp3) is 0.438. The van der Waals surface area contributed by atoms with Gasteiger partial charge in [0.2, 0.25) is 0 Å². The van der Waals surface area contributed by atoms with Gasteiger partial charge in [-0.05, 0) is 37.2 Å². The Morgan fingerprint density at radius 3 is 2.85 bits per heavy atom. The van der Waals surface area contributed by atoms with Crippen molar-refractivity contribution in [1.29, 1.82) is 0 Å². The molecule has 1 heterocycles. The first-order valence-electron chi connectivity index (χ1n) is 7.18. The van der Waals surface area contributed by atoms with Gasteiger partial charge in [0, 0.05) is 37.0 Å². The third-order valence-electron chi connectivity index (χ3n) is 3.48. The topological polar surface area (TPSA) is 51.4 Å². The lowest BCUT2D eigenvalue weighted by atomic mass is 10.1. The van der Waals surface area contributed by atoms with Gasteiger partial charge < -0.3 is 10.5 Å². The van der Waals surface area contributed by atoms with Crippen LogP contribution in [0.3, 0.4) is 0 Å². The summed E-state index contributed by atoms with van der Waals surface area (Å²) in [6.45, 7) is 8.52. The minimum atomic E-state index is 0.768. The first kappa shape index (κ1) is 14.8. The second kappa shape index (κ2) is 7.22. The molecule has 2 aromatic rings. The van der Waals surface area contributed by atoms with Crippen LogP contribution in [0.5, 0.6) is 0 Å². The van der Waals surface area contributed by atoms with Gasteiger partial charge in [-0.25, -0.2) is 0 Å². The zero-order valence-corrected chi connectivity index (χ0v) is 12.3. The Hall–Kier alpha value is -1.65. The number of ether oxygens (including phenoxy) is 1. The third kappa shape index (κ3) is 3.46. The Labute approximate surface area is 120 Å². The van der Waals surface area contributed by atoms with Gasteiger partial charge in [0.15, 0.2) is 0 Å². The van der Waals surface area contributed by atoms with E-state index in [-0.39, 0.29) is 0 Å². The molecule has 2 rings (SSSR count). The second-order valence-electron chi connectivity index (χ2n) is 4.78. The van der Waals surface area contributed by atoms with Crippen LogP contribution in [-0.2, 0) is 11.3 Å². The monoisotopic (exact) mass is 273 g/mol. The zero-order valence-electron chi connectivity index (χ0n) is 12.3. The average Bonchev–Trinajstić information content (AvgIpc) is 2.49. The molecule has 0 aliphatic carbocycles. The van der Waals surface area contributed by atoms with Crippen molar-refractivity contribution >= 4 is 16.6 Å². The minimum Gasteiger partial charge on any atom is -0.398 e. The predicted molar refractivity (Wildman–Crippen MR) is 83.6 cm³/mol. The molecule has 0 saturated carbocycles. The Morgan fingerprint density at radius 1 is 1.25 bits per heavy atom. The Bertz CT molecular complexity index is 556. The molecule has 108 valence electrons. The summed E-state index contributed by atoms with van der Waals surface area (Å²) < 4.78 is 5.43. The highest BCUT2D eigenvalue weighted by molar-refractivity contribution is 5.92. The molecule has 2 N–H and O–H groups in total. The number of nitrogens with two attached hydrogens (primary N) is 1. The summed E-state index contributed by atoms with van der Waals surface area (Å²) in [7, 11) is 0. The fourth-order valence-electron chi connectivity index (χ4n) is 2.31. The summed E-state index contributed by atoms with van der Waals surface area (Å²) in [5.41, 5.74) is 9.02. The number of rotatable bonds is 7. The number of nitrogens with zero attached hydrogens (tertiary/aromatic N) is 2. The van der Waals surface area contributed by atoms with E-state index in [2.05, 4.69) is 22.9 Å². The highest BCUT2D eigenvalue weighted by Gasteiger charge is 2.09. The summed E-state index contributed by atoms with van der Waals surface area (Å²) in [6.07, 6.45) is 1.82. The molecule has 0 atom stereocenters. The number of hydrogen-bond donors (Lipinski definition) is 1. The Kier molecular flexibility index (Phi) is 5.32. The number of aromatic nitrogens is 1. The lowest BCUT2D eigenvalue weighted by molar-refractivity contribution is 0.113. The number of anilines is 1. The first-order valence-corrected chi connectivity index (χ1v) is 7.18. The molecule has 0 radical (unpaired) electrons. The van der Waals surface area contributed by atoms with E-state index in [9.17, 15) is 0 Å². The molecule has 20 heavy (non-hydrogen) atoms. The van der Waals surface area contributed by atoms with Crippen molar-refractivity contribution in [3.8, 4) is 0 Å². The number of fused-ring (bicyclic) bond motifs is 1.